The number of nitrogens with zero attached hydrogens (tertiary/aromatic N) is 1. The normalized spacial score (nSPS) is 12.7. The van der Waals surface area contributed by atoms with Gasteiger partial charge in [-0.15, -0.1) is 0 Å². The molecule has 1 aromatic carbocycles. The van der Waals surface area contributed by atoms with Gasteiger partial charge in [0.2, 0.25) is 5.75 Å². The third kappa shape index (κ3) is 3.33. The molecule has 0 saturated heterocycles. The summed E-state index contributed by atoms with van der Waals surface area (Å²) in [6, 6.07) is 2.09. The molecule has 1 aromatic rings. The topological polar surface area (TPSA) is 110 Å². The number of benzene rings is 1. The molecule has 1 rings (SSSR count). The highest BCUT2D eigenvalue weighted by Gasteiger charge is 2.21. The molecule has 0 aliphatic heterocycles. The Hall–Kier alpha value is -1.82. The van der Waals surface area contributed by atoms with E-state index in [9.17, 15) is 20.3 Å². The van der Waals surface area contributed by atoms with Crippen LogP contribution in [0.25, 0.3) is 0 Å². The Morgan fingerprint density at radius 1 is 1.33 bits per heavy atom. The summed E-state index contributed by atoms with van der Waals surface area (Å²) < 4.78 is 0. The Kier molecular flexibility index (Phi) is 4.49. The summed E-state index contributed by atoms with van der Waals surface area (Å²) >= 11 is 0. The highest BCUT2D eigenvalue weighted by molar-refractivity contribution is 5.56. The molecule has 1 atom stereocenters. The number of phenolic OH excluding ortho intramolecular Hbond substituents is 2. The zero-order valence-corrected chi connectivity index (χ0v) is 10.5. The largest absolute Gasteiger partial charge is 0.504 e. The maximum atomic E-state index is 10.7. The molecular formula is C12H18N2O4. The molecule has 0 radical (unpaired) electrons. The Labute approximate surface area is 105 Å². The highest BCUT2D eigenvalue weighted by atomic mass is 16.6. The van der Waals surface area contributed by atoms with Gasteiger partial charge in [0, 0.05) is 12.1 Å². The second-order valence-electron chi connectivity index (χ2n) is 4.74. The zero-order chi connectivity index (χ0) is 13.9. The Bertz CT molecular complexity index is 446. The molecule has 0 aliphatic rings. The molecule has 0 spiro atoms. The first-order valence-corrected chi connectivity index (χ1v) is 5.78. The average Bonchev–Trinajstić information content (AvgIpc) is 2.28. The number of aromatic hydroxyl groups is 2. The molecule has 0 amide bonds. The van der Waals surface area contributed by atoms with Crippen molar-refractivity contribution in [2.45, 2.75) is 32.7 Å². The van der Waals surface area contributed by atoms with Crippen LogP contribution in [-0.2, 0) is 0 Å². The van der Waals surface area contributed by atoms with E-state index in [1.165, 1.54) is 12.1 Å². The van der Waals surface area contributed by atoms with E-state index in [0.29, 0.717) is 17.9 Å². The van der Waals surface area contributed by atoms with Crippen molar-refractivity contribution in [3.63, 3.8) is 0 Å². The molecule has 18 heavy (non-hydrogen) atoms. The summed E-state index contributed by atoms with van der Waals surface area (Å²) in [5, 5.41) is 29.5. The number of phenols is 2. The molecule has 0 bridgehead atoms. The molecule has 4 N–H and O–H groups in total. The van der Waals surface area contributed by atoms with E-state index in [1.807, 2.05) is 0 Å². The molecule has 0 heterocycles. The van der Waals surface area contributed by atoms with Gasteiger partial charge in [-0.1, -0.05) is 13.8 Å². The van der Waals surface area contributed by atoms with E-state index in [4.69, 9.17) is 5.73 Å². The Morgan fingerprint density at radius 3 is 2.44 bits per heavy atom. The van der Waals surface area contributed by atoms with E-state index in [1.54, 1.807) is 0 Å². The van der Waals surface area contributed by atoms with Gasteiger partial charge in [-0.25, -0.2) is 0 Å². The average molecular weight is 254 g/mol. The standard InChI is InChI=1S/C12H18N2O4/c1-7(2)3-4-9(13)8-5-10(14(17)18)12(16)11(15)6-8/h5-7,9,15-16H,3-4,13H2,1-2H3/t9-/m1/s1. The van der Waals surface area contributed by atoms with Crippen LogP contribution in [-0.4, -0.2) is 15.1 Å². The van der Waals surface area contributed by atoms with Crippen LogP contribution in [0.3, 0.4) is 0 Å². The first-order chi connectivity index (χ1) is 8.32. The Morgan fingerprint density at radius 2 is 1.94 bits per heavy atom. The van der Waals surface area contributed by atoms with Crippen molar-refractivity contribution in [3.8, 4) is 11.5 Å². The third-order valence-electron chi connectivity index (χ3n) is 2.77. The van der Waals surface area contributed by atoms with Gasteiger partial charge < -0.3 is 15.9 Å². The van der Waals surface area contributed by atoms with Gasteiger partial charge in [0.15, 0.2) is 5.75 Å². The van der Waals surface area contributed by atoms with E-state index >= 15 is 0 Å². The summed E-state index contributed by atoms with van der Waals surface area (Å²) in [6.07, 6.45) is 1.55. The van der Waals surface area contributed by atoms with Crippen LogP contribution in [0.1, 0.15) is 38.3 Å². The molecule has 100 valence electrons. The van der Waals surface area contributed by atoms with Crippen molar-refractivity contribution in [3.05, 3.63) is 27.8 Å². The van der Waals surface area contributed by atoms with Crippen LogP contribution in [0, 0.1) is 16.0 Å². The van der Waals surface area contributed by atoms with Crippen molar-refractivity contribution in [1.29, 1.82) is 0 Å². The molecule has 6 heteroatoms. The van der Waals surface area contributed by atoms with E-state index in [2.05, 4.69) is 13.8 Å². The summed E-state index contributed by atoms with van der Waals surface area (Å²) in [7, 11) is 0. The predicted octanol–water partition coefficient (Wildman–Crippen LogP) is 2.44. The third-order valence-corrected chi connectivity index (χ3v) is 2.77. The van der Waals surface area contributed by atoms with Crippen molar-refractivity contribution in [2.24, 2.45) is 11.7 Å². The first kappa shape index (κ1) is 14.2. The monoisotopic (exact) mass is 254 g/mol. The maximum Gasteiger partial charge on any atom is 0.314 e. The van der Waals surface area contributed by atoms with E-state index < -0.39 is 28.2 Å². The number of hydrogen-bond donors (Lipinski definition) is 3. The number of nitro groups is 1. The Balaban J connectivity index is 2.99. The molecular weight excluding hydrogens is 236 g/mol. The van der Waals surface area contributed by atoms with Gasteiger partial charge in [0.05, 0.1) is 4.92 Å². The zero-order valence-electron chi connectivity index (χ0n) is 10.5. The summed E-state index contributed by atoms with van der Waals surface area (Å²) in [5.74, 6) is -0.754. The molecule has 0 aromatic heterocycles. The maximum absolute atomic E-state index is 10.7. The van der Waals surface area contributed by atoms with Crippen LogP contribution in [0.5, 0.6) is 11.5 Å². The minimum atomic E-state index is -0.742. The predicted molar refractivity (Wildman–Crippen MR) is 67.4 cm³/mol. The number of nitrogens with two attached hydrogens (primary N) is 1. The summed E-state index contributed by atoms with van der Waals surface area (Å²) in [5.41, 5.74) is 5.85. The fraction of sp³-hybridized carbons (Fsp3) is 0.500. The number of nitro benzene ring substituents is 1. The van der Waals surface area contributed by atoms with Gasteiger partial charge in [0.25, 0.3) is 0 Å². The van der Waals surface area contributed by atoms with Crippen LogP contribution < -0.4 is 5.73 Å². The lowest BCUT2D eigenvalue weighted by Gasteiger charge is -2.14. The van der Waals surface area contributed by atoms with Crippen LogP contribution in [0.2, 0.25) is 0 Å². The minimum absolute atomic E-state index is 0.391. The van der Waals surface area contributed by atoms with Crippen molar-refractivity contribution >= 4 is 5.69 Å². The van der Waals surface area contributed by atoms with Crippen molar-refractivity contribution < 1.29 is 15.1 Å². The SMILES string of the molecule is CC(C)CC[C@@H](N)c1cc(O)c(O)c([N+](=O)[O-])c1. The quantitative estimate of drug-likeness (QED) is 0.424. The van der Waals surface area contributed by atoms with Crippen molar-refractivity contribution in [1.82, 2.24) is 0 Å². The lowest BCUT2D eigenvalue weighted by atomic mass is 9.97. The summed E-state index contributed by atoms with van der Waals surface area (Å²) in [6.45, 7) is 4.12. The van der Waals surface area contributed by atoms with Gasteiger partial charge >= 0.3 is 5.69 Å². The minimum Gasteiger partial charge on any atom is -0.504 e. The lowest BCUT2D eigenvalue weighted by molar-refractivity contribution is -0.386. The van der Waals surface area contributed by atoms with E-state index in [-0.39, 0.29) is 0 Å². The van der Waals surface area contributed by atoms with Crippen molar-refractivity contribution in [2.75, 3.05) is 0 Å². The molecule has 0 aliphatic carbocycles. The van der Waals surface area contributed by atoms with Gasteiger partial charge in [-0.05, 0) is 30.4 Å². The second-order valence-corrected chi connectivity index (χ2v) is 4.74. The van der Waals surface area contributed by atoms with E-state index in [0.717, 1.165) is 6.42 Å². The fourth-order valence-corrected chi connectivity index (χ4v) is 1.66. The van der Waals surface area contributed by atoms with Crippen LogP contribution >= 0.6 is 0 Å². The van der Waals surface area contributed by atoms with Gasteiger partial charge in [0.1, 0.15) is 0 Å². The van der Waals surface area contributed by atoms with Crippen LogP contribution in [0.4, 0.5) is 5.69 Å². The molecule has 0 fully saturated rings. The van der Waals surface area contributed by atoms with Crippen LogP contribution in [0.15, 0.2) is 12.1 Å². The van der Waals surface area contributed by atoms with Gasteiger partial charge in [-0.3, -0.25) is 10.1 Å². The molecule has 0 saturated carbocycles. The van der Waals surface area contributed by atoms with Gasteiger partial charge in [-0.2, -0.15) is 0 Å². The molecule has 6 nitrogen and oxygen atoms in total. The number of rotatable bonds is 5. The first-order valence-electron chi connectivity index (χ1n) is 5.78. The lowest BCUT2D eigenvalue weighted by Crippen LogP contribution is -2.11. The smallest absolute Gasteiger partial charge is 0.314 e. The highest BCUT2D eigenvalue weighted by Crippen LogP contribution is 2.38. The number of hydrogen-bond acceptors (Lipinski definition) is 5. The summed E-state index contributed by atoms with van der Waals surface area (Å²) in [4.78, 5) is 9.97. The fourth-order valence-electron chi connectivity index (χ4n) is 1.66. The second kappa shape index (κ2) is 5.68. The molecule has 0 unspecified atom stereocenters.